The summed E-state index contributed by atoms with van der Waals surface area (Å²) < 4.78 is 14.6. The number of hydrogen-bond donors (Lipinski definition) is 3. The molecule has 0 saturated carbocycles. The third kappa shape index (κ3) is 5.13. The number of rotatable bonds is 8. The summed E-state index contributed by atoms with van der Waals surface area (Å²) >= 11 is 0. The number of nitrogens with two attached hydrogens (primary N) is 1. The highest BCUT2D eigenvalue weighted by atomic mass is 19.1. The van der Waals surface area contributed by atoms with E-state index in [1.807, 2.05) is 6.07 Å². The maximum atomic E-state index is 13.2. The van der Waals surface area contributed by atoms with Crippen LogP contribution in [0.2, 0.25) is 0 Å². The Hall–Kier alpha value is -4.44. The minimum absolute atomic E-state index is 0.0636. The van der Waals surface area contributed by atoms with Crippen LogP contribution >= 0.6 is 0 Å². The van der Waals surface area contributed by atoms with Crippen molar-refractivity contribution >= 4 is 11.7 Å². The monoisotopic (exact) mass is 461 g/mol. The van der Waals surface area contributed by atoms with Crippen molar-refractivity contribution in [3.05, 3.63) is 74.1 Å². The normalized spacial score (nSPS) is 10.5. The molecule has 0 spiro atoms. The number of H-pyrrole nitrogens is 1. The summed E-state index contributed by atoms with van der Waals surface area (Å²) in [4.78, 5) is 26.8. The van der Waals surface area contributed by atoms with Gasteiger partial charge in [0.05, 0.1) is 11.4 Å². The smallest absolute Gasteiger partial charge is 0.266 e. The third-order valence-electron chi connectivity index (χ3n) is 5.61. The van der Waals surface area contributed by atoms with Gasteiger partial charge in [0.2, 0.25) is 5.91 Å². The van der Waals surface area contributed by atoms with Gasteiger partial charge in [-0.2, -0.15) is 15.6 Å². The fraction of sp³-hybridized carbons (Fsp3) is 0.292. The second-order valence-corrected chi connectivity index (χ2v) is 7.83. The summed E-state index contributed by atoms with van der Waals surface area (Å²) in [5.74, 6) is -0.376. The molecular weight excluding hydrogens is 437 g/mol. The second kappa shape index (κ2) is 10.5. The minimum Gasteiger partial charge on any atom is -0.382 e. The van der Waals surface area contributed by atoms with Crippen molar-refractivity contribution in [3.8, 4) is 17.8 Å². The molecule has 0 aliphatic carbocycles. The summed E-state index contributed by atoms with van der Waals surface area (Å²) in [6.45, 7) is 3.82. The first-order valence-electron chi connectivity index (χ1n) is 10.7. The number of aromatic nitrogens is 3. The van der Waals surface area contributed by atoms with Crippen molar-refractivity contribution in [2.24, 2.45) is 0 Å². The predicted molar refractivity (Wildman–Crippen MR) is 124 cm³/mol. The molecule has 0 aliphatic rings. The molecule has 174 valence electrons. The van der Waals surface area contributed by atoms with E-state index in [1.54, 1.807) is 13.8 Å². The third-order valence-corrected chi connectivity index (χ3v) is 5.61. The molecule has 34 heavy (non-hydrogen) atoms. The molecule has 2 heterocycles. The maximum absolute atomic E-state index is 13.2. The van der Waals surface area contributed by atoms with E-state index >= 15 is 0 Å². The number of aryl methyl sites for hydroxylation is 2. The molecule has 1 amide bonds. The Morgan fingerprint density at radius 2 is 1.85 bits per heavy atom. The van der Waals surface area contributed by atoms with Gasteiger partial charge in [-0.1, -0.05) is 0 Å². The Labute approximate surface area is 195 Å². The van der Waals surface area contributed by atoms with E-state index in [2.05, 4.69) is 21.5 Å². The molecule has 0 aliphatic heterocycles. The molecule has 0 bridgehead atoms. The highest BCUT2D eigenvalue weighted by molar-refractivity contribution is 5.76. The van der Waals surface area contributed by atoms with E-state index in [4.69, 9.17) is 11.0 Å². The SMILES string of the molecule is Cc1[nH]c(=O)c(C#N)c(C)c1CCC(=O)NCCCc1nn(-c2ccc(F)cc2)c(N)c1C#N. The Balaban J connectivity index is 1.56. The van der Waals surface area contributed by atoms with Crippen LogP contribution in [0.3, 0.4) is 0 Å². The summed E-state index contributed by atoms with van der Waals surface area (Å²) in [7, 11) is 0. The van der Waals surface area contributed by atoms with Crippen LogP contribution in [0.1, 0.15) is 46.5 Å². The van der Waals surface area contributed by atoms with Crippen molar-refractivity contribution in [1.82, 2.24) is 20.1 Å². The number of carbonyl (C=O) groups excluding carboxylic acids is 1. The average molecular weight is 462 g/mol. The van der Waals surface area contributed by atoms with Crippen molar-refractivity contribution < 1.29 is 9.18 Å². The van der Waals surface area contributed by atoms with Crippen LogP contribution in [0.5, 0.6) is 0 Å². The van der Waals surface area contributed by atoms with E-state index < -0.39 is 5.56 Å². The van der Waals surface area contributed by atoms with E-state index in [1.165, 1.54) is 28.9 Å². The molecule has 3 aromatic rings. The van der Waals surface area contributed by atoms with Crippen molar-refractivity contribution in [2.75, 3.05) is 12.3 Å². The van der Waals surface area contributed by atoms with Gasteiger partial charge in [0, 0.05) is 18.7 Å². The minimum atomic E-state index is -0.426. The van der Waals surface area contributed by atoms with Gasteiger partial charge < -0.3 is 16.0 Å². The van der Waals surface area contributed by atoms with Crippen molar-refractivity contribution in [2.45, 2.75) is 39.5 Å². The number of nitrogens with one attached hydrogen (secondary N) is 2. The van der Waals surface area contributed by atoms with E-state index in [0.29, 0.717) is 48.4 Å². The number of pyridine rings is 1. The molecule has 0 fully saturated rings. The molecule has 0 atom stereocenters. The van der Waals surface area contributed by atoms with Crippen LogP contribution in [0.4, 0.5) is 10.2 Å². The lowest BCUT2D eigenvalue weighted by atomic mass is 9.99. The zero-order valence-electron chi connectivity index (χ0n) is 18.9. The van der Waals surface area contributed by atoms with Gasteiger partial charge >= 0.3 is 0 Å². The summed E-state index contributed by atoms with van der Waals surface area (Å²) in [6, 6.07) is 9.58. The molecule has 0 saturated heterocycles. The molecule has 10 heteroatoms. The first-order chi connectivity index (χ1) is 16.3. The zero-order chi connectivity index (χ0) is 24.8. The van der Waals surface area contributed by atoms with Gasteiger partial charge in [-0.25, -0.2) is 9.07 Å². The van der Waals surface area contributed by atoms with Gasteiger partial charge in [-0.05, 0) is 68.5 Å². The quantitative estimate of drug-likeness (QED) is 0.438. The Morgan fingerprint density at radius 1 is 1.18 bits per heavy atom. The van der Waals surface area contributed by atoms with Gasteiger partial charge in [-0.15, -0.1) is 0 Å². The number of nitriles is 2. The Kier molecular flexibility index (Phi) is 7.44. The Morgan fingerprint density at radius 3 is 2.50 bits per heavy atom. The van der Waals surface area contributed by atoms with E-state index in [9.17, 15) is 19.2 Å². The van der Waals surface area contributed by atoms with Crippen LogP contribution in [0.25, 0.3) is 5.69 Å². The summed E-state index contributed by atoms with van der Waals surface area (Å²) in [5.41, 5.74) is 9.02. The second-order valence-electron chi connectivity index (χ2n) is 7.83. The number of anilines is 1. The van der Waals surface area contributed by atoms with Crippen LogP contribution in [-0.4, -0.2) is 27.2 Å². The molecule has 2 aromatic heterocycles. The molecule has 0 radical (unpaired) electrons. The van der Waals surface area contributed by atoms with Crippen LogP contribution in [-0.2, 0) is 17.6 Å². The highest BCUT2D eigenvalue weighted by Gasteiger charge is 2.17. The number of carbonyl (C=O) groups is 1. The van der Waals surface area contributed by atoms with Crippen LogP contribution < -0.4 is 16.6 Å². The predicted octanol–water partition coefficient (Wildman–Crippen LogP) is 2.32. The van der Waals surface area contributed by atoms with Gasteiger partial charge in [0.25, 0.3) is 5.56 Å². The lowest BCUT2D eigenvalue weighted by Crippen LogP contribution is -2.25. The molecule has 9 nitrogen and oxygen atoms in total. The lowest BCUT2D eigenvalue weighted by molar-refractivity contribution is -0.121. The first-order valence-corrected chi connectivity index (χ1v) is 10.7. The molecular formula is C24H24FN7O2. The molecule has 3 rings (SSSR count). The molecule has 4 N–H and O–H groups in total. The van der Waals surface area contributed by atoms with Crippen molar-refractivity contribution in [1.29, 1.82) is 10.5 Å². The largest absolute Gasteiger partial charge is 0.382 e. The van der Waals surface area contributed by atoms with Gasteiger partial charge in [0.15, 0.2) is 0 Å². The summed E-state index contributed by atoms with van der Waals surface area (Å²) in [5, 5.41) is 25.9. The number of amides is 1. The van der Waals surface area contributed by atoms with Crippen LogP contribution in [0, 0.1) is 42.3 Å². The number of halogens is 1. The van der Waals surface area contributed by atoms with E-state index in [-0.39, 0.29) is 35.1 Å². The number of benzene rings is 1. The first kappa shape index (κ1) is 24.2. The highest BCUT2D eigenvalue weighted by Crippen LogP contribution is 2.22. The Bertz CT molecular complexity index is 1360. The number of nitrogen functional groups attached to an aromatic ring is 1. The molecule has 1 aromatic carbocycles. The number of aromatic amines is 1. The summed E-state index contributed by atoms with van der Waals surface area (Å²) in [6.07, 6.45) is 1.56. The molecule has 0 unspecified atom stereocenters. The van der Waals surface area contributed by atoms with Crippen molar-refractivity contribution in [3.63, 3.8) is 0 Å². The number of hydrogen-bond acceptors (Lipinski definition) is 6. The fourth-order valence-corrected chi connectivity index (χ4v) is 3.79. The van der Waals surface area contributed by atoms with Gasteiger partial charge in [-0.3, -0.25) is 9.59 Å². The maximum Gasteiger partial charge on any atom is 0.266 e. The van der Waals surface area contributed by atoms with E-state index in [0.717, 1.165) is 5.56 Å². The van der Waals surface area contributed by atoms with Gasteiger partial charge in [0.1, 0.15) is 34.9 Å². The van der Waals surface area contributed by atoms with Crippen LogP contribution in [0.15, 0.2) is 29.1 Å². The fourth-order valence-electron chi connectivity index (χ4n) is 3.79. The standard InChI is InChI=1S/C24H24FN7O2/c1-14-18(15(2)30-24(34)19(14)12-26)9-10-22(33)29-11-3-4-21-20(13-27)23(28)32(31-21)17-7-5-16(25)6-8-17/h5-8H,3-4,9-11,28H2,1-2H3,(H,29,33)(H,30,34). The zero-order valence-corrected chi connectivity index (χ0v) is 18.9. The topological polar surface area (TPSA) is 153 Å². The average Bonchev–Trinajstić information content (AvgIpc) is 3.12. The number of nitrogens with zero attached hydrogens (tertiary/aromatic N) is 4. The lowest BCUT2D eigenvalue weighted by Gasteiger charge is -2.11.